The number of likely N-dealkylation sites (N-methyl/N-ethyl adjacent to an activating group) is 1. The van der Waals surface area contributed by atoms with Gasteiger partial charge in [0.25, 0.3) is 0 Å². The lowest BCUT2D eigenvalue weighted by atomic mass is 10.0. The molecule has 1 heterocycles. The molecule has 0 radical (unpaired) electrons. The van der Waals surface area contributed by atoms with Gasteiger partial charge in [-0.2, -0.15) is 0 Å². The molecule has 18 heavy (non-hydrogen) atoms. The topological polar surface area (TPSA) is 49.6 Å². The summed E-state index contributed by atoms with van der Waals surface area (Å²) in [6.07, 6.45) is 0. The fourth-order valence-electron chi connectivity index (χ4n) is 2.55. The number of hydrogen-bond donors (Lipinski definition) is 1. The van der Waals surface area contributed by atoms with Crippen LogP contribution in [0.3, 0.4) is 0 Å². The molecule has 4 nitrogen and oxygen atoms in total. The van der Waals surface area contributed by atoms with E-state index in [1.54, 1.807) is 4.90 Å². The van der Waals surface area contributed by atoms with E-state index in [1.165, 1.54) is 5.56 Å². The highest BCUT2D eigenvalue weighted by atomic mass is 16.2. The fourth-order valence-corrected chi connectivity index (χ4v) is 2.55. The third kappa shape index (κ3) is 2.40. The second-order valence-corrected chi connectivity index (χ2v) is 4.84. The summed E-state index contributed by atoms with van der Waals surface area (Å²) >= 11 is 0. The van der Waals surface area contributed by atoms with Crippen LogP contribution in [-0.4, -0.2) is 48.4 Å². The van der Waals surface area contributed by atoms with Crippen LogP contribution in [0.5, 0.6) is 0 Å². The molecule has 1 aliphatic rings. The van der Waals surface area contributed by atoms with E-state index in [-0.39, 0.29) is 18.0 Å². The van der Waals surface area contributed by atoms with Crippen molar-refractivity contribution in [3.05, 3.63) is 35.9 Å². The first-order valence-corrected chi connectivity index (χ1v) is 6.41. The molecule has 2 N–H and O–H groups in total. The highest BCUT2D eigenvalue weighted by Gasteiger charge is 2.34. The first kappa shape index (κ1) is 13.1. The molecule has 0 bridgehead atoms. The van der Waals surface area contributed by atoms with Crippen molar-refractivity contribution in [2.75, 3.05) is 26.7 Å². The molecule has 0 spiro atoms. The molecule has 0 aromatic heterocycles. The SMILES string of the molecule is CC(c1ccccc1)N1CCN(C)C(=O)C1CN. The Bertz CT molecular complexity index is 407. The zero-order chi connectivity index (χ0) is 13.1. The Morgan fingerprint density at radius 3 is 2.61 bits per heavy atom. The average Bonchev–Trinajstić information content (AvgIpc) is 2.42. The number of hydrogen-bond acceptors (Lipinski definition) is 3. The number of benzene rings is 1. The Morgan fingerprint density at radius 2 is 2.00 bits per heavy atom. The van der Waals surface area contributed by atoms with Gasteiger partial charge in [0.1, 0.15) is 6.04 Å². The average molecular weight is 247 g/mol. The molecule has 2 atom stereocenters. The number of carbonyl (C=O) groups is 1. The quantitative estimate of drug-likeness (QED) is 0.861. The molecule has 2 unspecified atom stereocenters. The van der Waals surface area contributed by atoms with Crippen molar-refractivity contribution in [2.45, 2.75) is 19.0 Å². The van der Waals surface area contributed by atoms with E-state index in [0.717, 1.165) is 13.1 Å². The van der Waals surface area contributed by atoms with E-state index in [2.05, 4.69) is 24.0 Å². The summed E-state index contributed by atoms with van der Waals surface area (Å²) in [5.74, 6) is 0.131. The Kier molecular flexibility index (Phi) is 3.99. The number of carbonyl (C=O) groups excluding carboxylic acids is 1. The Balaban J connectivity index is 2.19. The van der Waals surface area contributed by atoms with Crippen LogP contribution in [-0.2, 0) is 4.79 Å². The van der Waals surface area contributed by atoms with Gasteiger partial charge in [0.15, 0.2) is 0 Å². The summed E-state index contributed by atoms with van der Waals surface area (Å²) in [6, 6.07) is 10.3. The van der Waals surface area contributed by atoms with Gasteiger partial charge in [0, 0.05) is 32.7 Å². The minimum absolute atomic E-state index is 0.131. The molecule has 1 fully saturated rings. The van der Waals surface area contributed by atoms with E-state index in [1.807, 2.05) is 25.2 Å². The molecule has 98 valence electrons. The van der Waals surface area contributed by atoms with Crippen LogP contribution in [0.4, 0.5) is 0 Å². The lowest BCUT2D eigenvalue weighted by Crippen LogP contribution is -2.58. The van der Waals surface area contributed by atoms with Gasteiger partial charge in [-0.25, -0.2) is 0 Å². The lowest BCUT2D eigenvalue weighted by molar-refractivity contribution is -0.141. The van der Waals surface area contributed by atoms with E-state index < -0.39 is 0 Å². The molecule has 2 rings (SSSR count). The normalized spacial score (nSPS) is 23.2. The highest BCUT2D eigenvalue weighted by Crippen LogP contribution is 2.24. The van der Waals surface area contributed by atoms with Gasteiger partial charge >= 0.3 is 0 Å². The van der Waals surface area contributed by atoms with Crippen molar-refractivity contribution in [3.8, 4) is 0 Å². The third-order valence-corrected chi connectivity index (χ3v) is 3.76. The molecular formula is C14H21N3O. The molecule has 1 amide bonds. The number of amides is 1. The van der Waals surface area contributed by atoms with Crippen LogP contribution < -0.4 is 5.73 Å². The number of piperazine rings is 1. The summed E-state index contributed by atoms with van der Waals surface area (Å²) in [6.45, 7) is 4.16. The molecule has 1 aromatic rings. The second kappa shape index (κ2) is 5.50. The predicted molar refractivity (Wildman–Crippen MR) is 72.0 cm³/mol. The van der Waals surface area contributed by atoms with Crippen LogP contribution in [0.1, 0.15) is 18.5 Å². The van der Waals surface area contributed by atoms with Crippen molar-refractivity contribution in [1.82, 2.24) is 9.80 Å². The maximum absolute atomic E-state index is 12.1. The zero-order valence-electron chi connectivity index (χ0n) is 11.0. The van der Waals surface area contributed by atoms with Gasteiger partial charge in [-0.15, -0.1) is 0 Å². The summed E-state index contributed by atoms with van der Waals surface area (Å²) in [5.41, 5.74) is 7.00. The predicted octanol–water partition coefficient (Wildman–Crippen LogP) is 0.849. The number of nitrogens with two attached hydrogens (primary N) is 1. The van der Waals surface area contributed by atoms with Crippen LogP contribution in [0.25, 0.3) is 0 Å². The molecule has 0 saturated carbocycles. The molecule has 1 aromatic carbocycles. The van der Waals surface area contributed by atoms with Gasteiger partial charge in [-0.1, -0.05) is 30.3 Å². The van der Waals surface area contributed by atoms with Gasteiger partial charge in [0.2, 0.25) is 5.91 Å². The Labute approximate surface area is 108 Å². The summed E-state index contributed by atoms with van der Waals surface area (Å²) in [4.78, 5) is 16.1. The molecule has 4 heteroatoms. The molecule has 1 aliphatic heterocycles. The maximum atomic E-state index is 12.1. The van der Waals surface area contributed by atoms with E-state index >= 15 is 0 Å². The van der Waals surface area contributed by atoms with Crippen LogP contribution in [0.15, 0.2) is 30.3 Å². The first-order valence-electron chi connectivity index (χ1n) is 6.41. The van der Waals surface area contributed by atoms with Crippen LogP contribution in [0, 0.1) is 0 Å². The molecule has 1 saturated heterocycles. The number of nitrogens with zero attached hydrogens (tertiary/aromatic N) is 2. The minimum atomic E-state index is -0.195. The summed E-state index contributed by atoms with van der Waals surface area (Å²) < 4.78 is 0. The Morgan fingerprint density at radius 1 is 1.33 bits per heavy atom. The van der Waals surface area contributed by atoms with E-state index in [9.17, 15) is 4.79 Å². The minimum Gasteiger partial charge on any atom is -0.343 e. The van der Waals surface area contributed by atoms with Gasteiger partial charge in [-0.3, -0.25) is 9.69 Å². The van der Waals surface area contributed by atoms with E-state index in [0.29, 0.717) is 6.54 Å². The molecular weight excluding hydrogens is 226 g/mol. The van der Waals surface area contributed by atoms with Crippen molar-refractivity contribution in [2.24, 2.45) is 5.73 Å². The largest absolute Gasteiger partial charge is 0.343 e. The summed E-state index contributed by atoms with van der Waals surface area (Å²) in [5, 5.41) is 0. The van der Waals surface area contributed by atoms with Crippen molar-refractivity contribution in [1.29, 1.82) is 0 Å². The lowest BCUT2D eigenvalue weighted by Gasteiger charge is -2.42. The Hall–Kier alpha value is -1.39. The third-order valence-electron chi connectivity index (χ3n) is 3.76. The van der Waals surface area contributed by atoms with Crippen LogP contribution in [0.2, 0.25) is 0 Å². The fraction of sp³-hybridized carbons (Fsp3) is 0.500. The number of rotatable bonds is 3. The van der Waals surface area contributed by atoms with Crippen molar-refractivity contribution in [3.63, 3.8) is 0 Å². The van der Waals surface area contributed by atoms with Gasteiger partial charge in [-0.05, 0) is 12.5 Å². The first-order chi connectivity index (χ1) is 8.65. The van der Waals surface area contributed by atoms with Gasteiger partial charge in [0.05, 0.1) is 0 Å². The smallest absolute Gasteiger partial charge is 0.241 e. The second-order valence-electron chi connectivity index (χ2n) is 4.84. The molecule has 0 aliphatic carbocycles. The van der Waals surface area contributed by atoms with Crippen LogP contribution >= 0.6 is 0 Å². The maximum Gasteiger partial charge on any atom is 0.241 e. The zero-order valence-corrected chi connectivity index (χ0v) is 11.0. The summed E-state index contributed by atoms with van der Waals surface area (Å²) in [7, 11) is 1.84. The van der Waals surface area contributed by atoms with E-state index in [4.69, 9.17) is 5.73 Å². The monoisotopic (exact) mass is 247 g/mol. The standard InChI is InChI=1S/C14H21N3O/c1-11(12-6-4-3-5-7-12)17-9-8-16(2)14(18)13(17)10-15/h3-7,11,13H,8-10,15H2,1-2H3. The van der Waals surface area contributed by atoms with Crippen molar-refractivity contribution >= 4 is 5.91 Å². The van der Waals surface area contributed by atoms with Crippen molar-refractivity contribution < 1.29 is 4.79 Å². The van der Waals surface area contributed by atoms with Gasteiger partial charge < -0.3 is 10.6 Å². The highest BCUT2D eigenvalue weighted by molar-refractivity contribution is 5.82.